The lowest BCUT2D eigenvalue weighted by molar-refractivity contribution is 0.252. The van der Waals surface area contributed by atoms with Crippen LogP contribution < -0.4 is 10.6 Å². The Morgan fingerprint density at radius 3 is 2.53 bits per heavy atom. The van der Waals surface area contributed by atoms with Crippen LogP contribution in [0, 0.1) is 11.3 Å². The van der Waals surface area contributed by atoms with Gasteiger partial charge in [0.25, 0.3) is 0 Å². The maximum Gasteiger partial charge on any atom is 0.146 e. The highest BCUT2D eigenvalue weighted by Crippen LogP contribution is 2.43. The van der Waals surface area contributed by atoms with Crippen LogP contribution >= 0.6 is 0 Å². The Labute approximate surface area is 116 Å². The topological polar surface area (TPSA) is 49.8 Å². The number of anilines is 2. The number of hydrogen-bond donors (Lipinski definition) is 2. The molecule has 1 aliphatic carbocycles. The smallest absolute Gasteiger partial charge is 0.146 e. The van der Waals surface area contributed by atoms with Gasteiger partial charge in [0.2, 0.25) is 0 Å². The first-order valence-corrected chi connectivity index (χ1v) is 7.37. The first kappa shape index (κ1) is 14.1. The van der Waals surface area contributed by atoms with E-state index in [0.717, 1.165) is 24.1 Å². The average Bonchev–Trinajstić information content (AvgIpc) is 2.85. The molecule has 0 atom stereocenters. The second kappa shape index (κ2) is 6.22. The van der Waals surface area contributed by atoms with Gasteiger partial charge in [0, 0.05) is 13.6 Å². The first-order valence-electron chi connectivity index (χ1n) is 7.37. The van der Waals surface area contributed by atoms with Gasteiger partial charge < -0.3 is 10.6 Å². The third-order valence-corrected chi connectivity index (χ3v) is 4.04. The highest BCUT2D eigenvalue weighted by atomic mass is 15.1. The standard InChI is InChI=1S/C15H26N4/c1-12(2)8-15(6-4-5-7-15)11-18-14-10-17-9-13(16-3)19-14/h9-10,12H,4-8,11H2,1-3H3,(H2,16,18,19). The van der Waals surface area contributed by atoms with Crippen molar-refractivity contribution >= 4 is 11.6 Å². The van der Waals surface area contributed by atoms with E-state index in [1.165, 1.54) is 32.1 Å². The second-order valence-corrected chi connectivity index (χ2v) is 6.20. The lowest BCUT2D eigenvalue weighted by atomic mass is 9.78. The first-order chi connectivity index (χ1) is 9.13. The molecule has 1 aromatic heterocycles. The Morgan fingerprint density at radius 1 is 1.21 bits per heavy atom. The molecule has 0 amide bonds. The molecule has 2 rings (SSSR count). The Hall–Kier alpha value is -1.32. The molecule has 1 heterocycles. The molecule has 0 spiro atoms. The summed E-state index contributed by atoms with van der Waals surface area (Å²) in [6.45, 7) is 5.66. The van der Waals surface area contributed by atoms with Crippen molar-refractivity contribution < 1.29 is 0 Å². The Bertz CT molecular complexity index is 397. The van der Waals surface area contributed by atoms with E-state index in [2.05, 4.69) is 34.4 Å². The van der Waals surface area contributed by atoms with Crippen molar-refractivity contribution in [1.29, 1.82) is 0 Å². The van der Waals surface area contributed by atoms with Gasteiger partial charge in [-0.2, -0.15) is 0 Å². The summed E-state index contributed by atoms with van der Waals surface area (Å²) >= 11 is 0. The molecule has 0 bridgehead atoms. The van der Waals surface area contributed by atoms with E-state index in [9.17, 15) is 0 Å². The molecule has 4 nitrogen and oxygen atoms in total. The van der Waals surface area contributed by atoms with E-state index >= 15 is 0 Å². The SMILES string of the molecule is CNc1cncc(NCC2(CC(C)C)CCCC2)n1. The zero-order chi connectivity index (χ0) is 13.7. The number of rotatable bonds is 6. The summed E-state index contributed by atoms with van der Waals surface area (Å²) < 4.78 is 0. The Kier molecular flexibility index (Phi) is 4.61. The van der Waals surface area contributed by atoms with Crippen molar-refractivity contribution in [3.63, 3.8) is 0 Å². The van der Waals surface area contributed by atoms with Gasteiger partial charge >= 0.3 is 0 Å². The molecule has 0 aromatic carbocycles. The molecule has 2 N–H and O–H groups in total. The van der Waals surface area contributed by atoms with Crippen LogP contribution in [0.15, 0.2) is 12.4 Å². The van der Waals surface area contributed by atoms with Gasteiger partial charge in [-0.15, -0.1) is 0 Å². The van der Waals surface area contributed by atoms with Crippen LogP contribution in [-0.2, 0) is 0 Å². The van der Waals surface area contributed by atoms with Gasteiger partial charge in [-0.1, -0.05) is 26.7 Å². The van der Waals surface area contributed by atoms with E-state index in [1.807, 2.05) is 7.05 Å². The van der Waals surface area contributed by atoms with Crippen LogP contribution in [0.3, 0.4) is 0 Å². The fourth-order valence-electron chi connectivity index (χ4n) is 3.29. The summed E-state index contributed by atoms with van der Waals surface area (Å²) in [4.78, 5) is 8.67. The van der Waals surface area contributed by atoms with Crippen LogP contribution in [0.4, 0.5) is 11.6 Å². The van der Waals surface area contributed by atoms with Gasteiger partial charge in [0.1, 0.15) is 11.6 Å². The third-order valence-electron chi connectivity index (χ3n) is 4.04. The number of nitrogens with one attached hydrogen (secondary N) is 2. The van der Waals surface area contributed by atoms with E-state index in [0.29, 0.717) is 5.41 Å². The van der Waals surface area contributed by atoms with Crippen molar-refractivity contribution in [2.24, 2.45) is 11.3 Å². The maximum atomic E-state index is 4.48. The third kappa shape index (κ3) is 3.82. The zero-order valence-corrected chi connectivity index (χ0v) is 12.4. The zero-order valence-electron chi connectivity index (χ0n) is 12.4. The maximum absolute atomic E-state index is 4.48. The quantitative estimate of drug-likeness (QED) is 0.823. The molecule has 1 saturated carbocycles. The molecule has 1 aromatic rings. The molecule has 0 saturated heterocycles. The number of hydrogen-bond acceptors (Lipinski definition) is 4. The summed E-state index contributed by atoms with van der Waals surface area (Å²) in [5, 5.41) is 6.52. The van der Waals surface area contributed by atoms with Crippen LogP contribution in [0.25, 0.3) is 0 Å². The van der Waals surface area contributed by atoms with Gasteiger partial charge in [-0.05, 0) is 30.6 Å². The lowest BCUT2D eigenvalue weighted by Gasteiger charge is -2.31. The fraction of sp³-hybridized carbons (Fsp3) is 0.733. The largest absolute Gasteiger partial charge is 0.372 e. The molecule has 1 fully saturated rings. The summed E-state index contributed by atoms with van der Waals surface area (Å²) in [5.74, 6) is 2.45. The average molecular weight is 262 g/mol. The molecule has 1 aliphatic rings. The van der Waals surface area contributed by atoms with E-state index in [4.69, 9.17) is 0 Å². The normalized spacial score (nSPS) is 17.7. The van der Waals surface area contributed by atoms with Gasteiger partial charge in [-0.25, -0.2) is 4.98 Å². The predicted octanol–water partition coefficient (Wildman–Crippen LogP) is 3.54. The summed E-state index contributed by atoms with van der Waals surface area (Å²) in [6.07, 6.45) is 10.3. The van der Waals surface area contributed by atoms with Crippen molar-refractivity contribution in [1.82, 2.24) is 9.97 Å². The minimum atomic E-state index is 0.464. The Balaban J connectivity index is 1.98. The highest BCUT2D eigenvalue weighted by molar-refractivity contribution is 5.41. The molecule has 0 aliphatic heterocycles. The molecule has 0 unspecified atom stereocenters. The fourth-order valence-corrected chi connectivity index (χ4v) is 3.29. The van der Waals surface area contributed by atoms with Crippen molar-refractivity contribution in [2.45, 2.75) is 46.0 Å². The van der Waals surface area contributed by atoms with Gasteiger partial charge in [-0.3, -0.25) is 4.98 Å². The van der Waals surface area contributed by atoms with Crippen molar-refractivity contribution in [3.8, 4) is 0 Å². The van der Waals surface area contributed by atoms with Gasteiger partial charge in [0.15, 0.2) is 0 Å². The summed E-state index contributed by atoms with van der Waals surface area (Å²) in [5.41, 5.74) is 0.464. The monoisotopic (exact) mass is 262 g/mol. The van der Waals surface area contributed by atoms with Crippen molar-refractivity contribution in [3.05, 3.63) is 12.4 Å². The molecular weight excluding hydrogens is 236 g/mol. The van der Waals surface area contributed by atoms with E-state index in [-0.39, 0.29) is 0 Å². The summed E-state index contributed by atoms with van der Waals surface area (Å²) in [7, 11) is 1.87. The summed E-state index contributed by atoms with van der Waals surface area (Å²) in [6, 6.07) is 0. The van der Waals surface area contributed by atoms with E-state index < -0.39 is 0 Å². The highest BCUT2D eigenvalue weighted by Gasteiger charge is 2.34. The van der Waals surface area contributed by atoms with Crippen molar-refractivity contribution in [2.75, 3.05) is 24.2 Å². The van der Waals surface area contributed by atoms with Crippen LogP contribution in [0.2, 0.25) is 0 Å². The molecule has 0 radical (unpaired) electrons. The molecule has 106 valence electrons. The minimum Gasteiger partial charge on any atom is -0.372 e. The predicted molar refractivity (Wildman–Crippen MR) is 80.4 cm³/mol. The lowest BCUT2D eigenvalue weighted by Crippen LogP contribution is -2.28. The number of nitrogens with zero attached hydrogens (tertiary/aromatic N) is 2. The van der Waals surface area contributed by atoms with Crippen LogP contribution in [0.1, 0.15) is 46.0 Å². The van der Waals surface area contributed by atoms with Gasteiger partial charge in [0.05, 0.1) is 12.4 Å². The molecule has 4 heteroatoms. The second-order valence-electron chi connectivity index (χ2n) is 6.20. The molecule has 19 heavy (non-hydrogen) atoms. The van der Waals surface area contributed by atoms with Crippen LogP contribution in [0.5, 0.6) is 0 Å². The number of aromatic nitrogens is 2. The van der Waals surface area contributed by atoms with E-state index in [1.54, 1.807) is 12.4 Å². The van der Waals surface area contributed by atoms with Crippen LogP contribution in [-0.4, -0.2) is 23.6 Å². The molecular formula is C15H26N4. The minimum absolute atomic E-state index is 0.464. The Morgan fingerprint density at radius 2 is 1.89 bits per heavy atom.